The Morgan fingerprint density at radius 2 is 1.92 bits per heavy atom. The number of hydrogen-bond donors (Lipinski definition) is 0. The molecule has 2 heteroatoms. The Hall–Kier alpha value is -0.400. The smallest absolute Gasteiger partial charge is 0.0930 e. The first kappa shape index (κ1) is 10.7. The average Bonchev–Trinajstić information content (AvgIpc) is 2.01. The normalized spacial score (nSPS) is 38.6. The molecule has 2 atom stereocenters. The third-order valence-corrected chi connectivity index (χ3v) is 3.42. The van der Waals surface area contributed by atoms with Crippen molar-refractivity contribution in [3.05, 3.63) is 4.91 Å². The van der Waals surface area contributed by atoms with Crippen LogP contribution in [0.1, 0.15) is 53.4 Å². The summed E-state index contributed by atoms with van der Waals surface area (Å²) in [4.78, 5) is 10.6. The molecular formula is C11H21NO. The van der Waals surface area contributed by atoms with Gasteiger partial charge >= 0.3 is 0 Å². The Labute approximate surface area is 81.1 Å². The maximum absolute atomic E-state index is 10.6. The second-order valence-corrected chi connectivity index (χ2v) is 5.67. The van der Waals surface area contributed by atoms with Gasteiger partial charge < -0.3 is 0 Å². The predicted octanol–water partition coefficient (Wildman–Crippen LogP) is 3.75. The Bertz CT molecular complexity index is 200. The van der Waals surface area contributed by atoms with Crippen molar-refractivity contribution in [3.63, 3.8) is 0 Å². The van der Waals surface area contributed by atoms with Crippen molar-refractivity contribution in [1.29, 1.82) is 0 Å². The summed E-state index contributed by atoms with van der Waals surface area (Å²) in [5.74, 6) is 0. The van der Waals surface area contributed by atoms with Crippen LogP contribution in [0.25, 0.3) is 0 Å². The van der Waals surface area contributed by atoms with Gasteiger partial charge in [-0.3, -0.25) is 0 Å². The van der Waals surface area contributed by atoms with Gasteiger partial charge in [-0.05, 0) is 30.1 Å². The molecular weight excluding hydrogens is 162 g/mol. The van der Waals surface area contributed by atoms with Gasteiger partial charge in [0.1, 0.15) is 0 Å². The highest BCUT2D eigenvalue weighted by molar-refractivity contribution is 4.93. The van der Waals surface area contributed by atoms with E-state index in [1.165, 1.54) is 6.42 Å². The molecule has 0 radical (unpaired) electrons. The fourth-order valence-electron chi connectivity index (χ4n) is 2.92. The Kier molecular flexibility index (Phi) is 2.79. The van der Waals surface area contributed by atoms with Crippen LogP contribution < -0.4 is 0 Å². The lowest BCUT2D eigenvalue weighted by Gasteiger charge is -2.44. The van der Waals surface area contributed by atoms with Crippen LogP contribution in [0.2, 0.25) is 0 Å². The molecule has 2 unspecified atom stereocenters. The van der Waals surface area contributed by atoms with Gasteiger partial charge in [-0.1, -0.05) is 39.3 Å². The minimum absolute atomic E-state index is 0.0497. The number of nitrogens with zero attached hydrogens (tertiary/aromatic N) is 1. The molecule has 1 fully saturated rings. The second kappa shape index (κ2) is 3.39. The molecule has 0 spiro atoms. The van der Waals surface area contributed by atoms with Crippen molar-refractivity contribution in [3.8, 4) is 0 Å². The molecule has 13 heavy (non-hydrogen) atoms. The Morgan fingerprint density at radius 3 is 2.38 bits per heavy atom. The quantitative estimate of drug-likeness (QED) is 0.599. The molecule has 0 aromatic carbocycles. The molecule has 1 aliphatic rings. The first-order chi connectivity index (χ1) is 5.91. The molecule has 0 aromatic rings. The molecule has 1 rings (SSSR count). The van der Waals surface area contributed by atoms with Gasteiger partial charge in [0.05, 0.1) is 6.04 Å². The number of hydrogen-bond acceptors (Lipinski definition) is 2. The lowest BCUT2D eigenvalue weighted by molar-refractivity contribution is 0.0804. The van der Waals surface area contributed by atoms with E-state index in [9.17, 15) is 4.91 Å². The molecule has 0 aliphatic heterocycles. The molecule has 76 valence electrons. The maximum atomic E-state index is 10.6. The van der Waals surface area contributed by atoms with Crippen LogP contribution in [0.4, 0.5) is 0 Å². The van der Waals surface area contributed by atoms with Gasteiger partial charge in [-0.2, -0.15) is 4.91 Å². The number of nitroso groups, excluding NO2 is 1. The van der Waals surface area contributed by atoms with Crippen molar-refractivity contribution in [2.75, 3.05) is 0 Å². The fourth-order valence-corrected chi connectivity index (χ4v) is 2.92. The van der Waals surface area contributed by atoms with E-state index in [0.717, 1.165) is 19.3 Å². The Balaban J connectivity index is 2.76. The lowest BCUT2D eigenvalue weighted by Crippen LogP contribution is -2.37. The molecule has 1 saturated carbocycles. The summed E-state index contributed by atoms with van der Waals surface area (Å²) >= 11 is 0. The second-order valence-electron chi connectivity index (χ2n) is 5.67. The lowest BCUT2D eigenvalue weighted by atomic mass is 9.62. The van der Waals surface area contributed by atoms with E-state index in [1.807, 2.05) is 0 Å². The van der Waals surface area contributed by atoms with Crippen LogP contribution in [0.3, 0.4) is 0 Å². The third kappa shape index (κ3) is 2.52. The summed E-state index contributed by atoms with van der Waals surface area (Å²) in [6.07, 6.45) is 4.33. The molecule has 0 bridgehead atoms. The van der Waals surface area contributed by atoms with Crippen molar-refractivity contribution < 1.29 is 0 Å². The standard InChI is InChI=1S/C11H21NO/c1-5-11(4)7-9(12-13)6-10(2,3)8-11/h9H,5-8H2,1-4H3. The zero-order valence-electron chi connectivity index (χ0n) is 9.26. The summed E-state index contributed by atoms with van der Waals surface area (Å²) in [6.45, 7) is 8.99. The largest absolute Gasteiger partial charge is 0.151 e. The van der Waals surface area contributed by atoms with Crippen LogP contribution in [0.15, 0.2) is 5.18 Å². The average molecular weight is 183 g/mol. The molecule has 0 aromatic heterocycles. The van der Waals surface area contributed by atoms with E-state index >= 15 is 0 Å². The zero-order chi connectivity index (χ0) is 10.1. The van der Waals surface area contributed by atoms with Gasteiger partial charge in [-0.15, -0.1) is 0 Å². The van der Waals surface area contributed by atoms with E-state index in [-0.39, 0.29) is 6.04 Å². The highest BCUT2D eigenvalue weighted by atomic mass is 16.3. The predicted molar refractivity (Wildman–Crippen MR) is 55.6 cm³/mol. The summed E-state index contributed by atoms with van der Waals surface area (Å²) in [6, 6.07) is 0.0497. The minimum Gasteiger partial charge on any atom is -0.151 e. The molecule has 0 heterocycles. The highest BCUT2D eigenvalue weighted by Crippen LogP contribution is 2.48. The molecule has 0 saturated heterocycles. The van der Waals surface area contributed by atoms with Crippen molar-refractivity contribution in [2.45, 2.75) is 59.4 Å². The van der Waals surface area contributed by atoms with E-state index in [4.69, 9.17) is 0 Å². The third-order valence-electron chi connectivity index (χ3n) is 3.42. The SMILES string of the molecule is CCC1(C)CC(N=O)CC(C)(C)C1. The van der Waals surface area contributed by atoms with E-state index in [0.29, 0.717) is 10.8 Å². The van der Waals surface area contributed by atoms with Gasteiger partial charge in [0.25, 0.3) is 0 Å². The minimum atomic E-state index is 0.0497. The zero-order valence-corrected chi connectivity index (χ0v) is 9.26. The topological polar surface area (TPSA) is 29.4 Å². The van der Waals surface area contributed by atoms with Gasteiger partial charge in [-0.25, -0.2) is 0 Å². The van der Waals surface area contributed by atoms with Crippen LogP contribution in [-0.4, -0.2) is 6.04 Å². The highest BCUT2D eigenvalue weighted by Gasteiger charge is 2.40. The first-order valence-corrected chi connectivity index (χ1v) is 5.23. The summed E-state index contributed by atoms with van der Waals surface area (Å²) in [5.41, 5.74) is 0.627. The Morgan fingerprint density at radius 1 is 1.31 bits per heavy atom. The molecule has 1 aliphatic carbocycles. The van der Waals surface area contributed by atoms with Gasteiger partial charge in [0, 0.05) is 0 Å². The van der Waals surface area contributed by atoms with Crippen LogP contribution in [0.5, 0.6) is 0 Å². The maximum Gasteiger partial charge on any atom is 0.0930 e. The van der Waals surface area contributed by atoms with Gasteiger partial charge in [0.2, 0.25) is 0 Å². The van der Waals surface area contributed by atoms with E-state index < -0.39 is 0 Å². The fraction of sp³-hybridized carbons (Fsp3) is 1.00. The monoisotopic (exact) mass is 183 g/mol. The van der Waals surface area contributed by atoms with Crippen LogP contribution in [-0.2, 0) is 0 Å². The number of rotatable bonds is 2. The summed E-state index contributed by atoms with van der Waals surface area (Å²) < 4.78 is 0. The van der Waals surface area contributed by atoms with Crippen molar-refractivity contribution >= 4 is 0 Å². The van der Waals surface area contributed by atoms with E-state index in [1.54, 1.807) is 0 Å². The summed E-state index contributed by atoms with van der Waals surface area (Å²) in [7, 11) is 0. The van der Waals surface area contributed by atoms with Gasteiger partial charge in [0.15, 0.2) is 0 Å². The first-order valence-electron chi connectivity index (χ1n) is 5.23. The van der Waals surface area contributed by atoms with Crippen LogP contribution >= 0.6 is 0 Å². The van der Waals surface area contributed by atoms with Crippen LogP contribution in [0, 0.1) is 15.7 Å². The molecule has 2 nitrogen and oxygen atoms in total. The molecule has 0 N–H and O–H groups in total. The van der Waals surface area contributed by atoms with Crippen molar-refractivity contribution in [1.82, 2.24) is 0 Å². The summed E-state index contributed by atoms with van der Waals surface area (Å²) in [5, 5.41) is 3.24. The van der Waals surface area contributed by atoms with E-state index in [2.05, 4.69) is 32.9 Å². The molecule has 0 amide bonds. The van der Waals surface area contributed by atoms with Crippen molar-refractivity contribution in [2.24, 2.45) is 16.0 Å².